The van der Waals surface area contributed by atoms with Crippen molar-refractivity contribution < 1.29 is 18.3 Å². The van der Waals surface area contributed by atoms with Crippen molar-refractivity contribution >= 4 is 0 Å². The molecule has 0 saturated heterocycles. The van der Waals surface area contributed by atoms with Crippen molar-refractivity contribution in [2.45, 2.75) is 32.5 Å². The van der Waals surface area contributed by atoms with Gasteiger partial charge in [-0.05, 0) is 30.5 Å². The fraction of sp³-hybridized carbons (Fsp3) is 0.353. The van der Waals surface area contributed by atoms with Crippen molar-refractivity contribution in [1.82, 2.24) is 9.13 Å². The Morgan fingerprint density at radius 2 is 2.08 bits per heavy atom. The molecule has 1 aromatic carbocycles. The van der Waals surface area contributed by atoms with Gasteiger partial charge in [0.15, 0.2) is 11.5 Å². The number of alkyl halides is 2. The summed E-state index contributed by atoms with van der Waals surface area (Å²) in [5.41, 5.74) is -0.236. The second kappa shape index (κ2) is 7.00. The van der Waals surface area contributed by atoms with Crippen molar-refractivity contribution in [3.05, 3.63) is 55.9 Å². The van der Waals surface area contributed by atoms with Crippen LogP contribution in [-0.2, 0) is 19.5 Å². The fourth-order valence-electron chi connectivity index (χ4n) is 3.07. The van der Waals surface area contributed by atoms with Gasteiger partial charge in [0.25, 0.3) is 5.56 Å². The number of ether oxygens (including phenoxy) is 2. The highest BCUT2D eigenvalue weighted by molar-refractivity contribution is 5.43. The Morgan fingerprint density at radius 3 is 2.73 bits per heavy atom. The zero-order valence-corrected chi connectivity index (χ0v) is 13.9. The quantitative estimate of drug-likeness (QED) is 0.803. The van der Waals surface area contributed by atoms with E-state index in [1.54, 1.807) is 0 Å². The highest BCUT2D eigenvalue weighted by atomic mass is 19.3. The molecule has 136 valence electrons. The Morgan fingerprint density at radius 1 is 1.31 bits per heavy atom. The molecule has 2 aromatic rings. The van der Waals surface area contributed by atoms with Crippen LogP contribution in [0.1, 0.15) is 23.2 Å². The van der Waals surface area contributed by atoms with Gasteiger partial charge in [0.05, 0.1) is 13.7 Å². The summed E-state index contributed by atoms with van der Waals surface area (Å²) < 4.78 is 36.6. The summed E-state index contributed by atoms with van der Waals surface area (Å²) in [5, 5.41) is 9.28. The number of methoxy groups -OCH3 is 1. The first kappa shape index (κ1) is 17.7. The Hall–Kier alpha value is -3.15. The largest absolute Gasteiger partial charge is 0.493 e. The Kier molecular flexibility index (Phi) is 4.75. The normalized spacial score (nSPS) is 12.7. The van der Waals surface area contributed by atoms with Gasteiger partial charge in [-0.15, -0.1) is 0 Å². The van der Waals surface area contributed by atoms with Gasteiger partial charge in [-0.1, -0.05) is 6.07 Å². The van der Waals surface area contributed by atoms with Crippen molar-refractivity contribution in [3.8, 4) is 17.6 Å². The maximum absolute atomic E-state index is 12.6. The third-order valence-electron chi connectivity index (χ3n) is 4.23. The minimum absolute atomic E-state index is 0.0354. The lowest BCUT2D eigenvalue weighted by molar-refractivity contribution is -0.0512. The number of nitriles is 1. The summed E-state index contributed by atoms with van der Waals surface area (Å²) in [6.45, 7) is -2.66. The summed E-state index contributed by atoms with van der Waals surface area (Å²) in [4.78, 5) is 25.1. The number of benzene rings is 1. The number of fused-ring (bicyclic) bond motifs is 1. The van der Waals surface area contributed by atoms with Gasteiger partial charge in [0, 0.05) is 12.2 Å². The van der Waals surface area contributed by atoms with E-state index >= 15 is 0 Å². The van der Waals surface area contributed by atoms with E-state index in [0.717, 1.165) is 4.57 Å². The van der Waals surface area contributed by atoms with Crippen LogP contribution in [0, 0.1) is 11.3 Å². The number of hydrogen-bond donors (Lipinski definition) is 0. The molecule has 0 N–H and O–H groups in total. The smallest absolute Gasteiger partial charge is 0.387 e. The standard InChI is InChI=1S/C17H15F2N3O4/c1-25-14-7-10(4-5-13(14)26-16(18)19)9-22-15(23)11(8-20)12-3-2-6-21(12)17(22)24/h4-5,7,16H,2-3,6,9H2,1H3. The predicted octanol–water partition coefficient (Wildman–Crippen LogP) is 1.49. The Labute approximate surface area is 146 Å². The summed E-state index contributed by atoms with van der Waals surface area (Å²) in [6.07, 6.45) is 1.21. The zero-order chi connectivity index (χ0) is 18.8. The Balaban J connectivity index is 2.04. The van der Waals surface area contributed by atoms with Crippen molar-refractivity contribution in [3.63, 3.8) is 0 Å². The molecule has 0 amide bonds. The number of nitrogens with zero attached hydrogens (tertiary/aromatic N) is 3. The highest BCUT2D eigenvalue weighted by Crippen LogP contribution is 2.29. The van der Waals surface area contributed by atoms with E-state index in [1.807, 2.05) is 6.07 Å². The van der Waals surface area contributed by atoms with Crippen molar-refractivity contribution in [2.75, 3.05) is 7.11 Å². The second-order valence-corrected chi connectivity index (χ2v) is 5.73. The van der Waals surface area contributed by atoms with Crippen LogP contribution in [0.15, 0.2) is 27.8 Å². The van der Waals surface area contributed by atoms with E-state index < -0.39 is 17.9 Å². The third-order valence-corrected chi connectivity index (χ3v) is 4.23. The molecule has 0 bridgehead atoms. The van der Waals surface area contributed by atoms with Crippen LogP contribution < -0.4 is 20.7 Å². The van der Waals surface area contributed by atoms with Crippen molar-refractivity contribution in [2.24, 2.45) is 0 Å². The molecular formula is C17H15F2N3O4. The molecule has 2 heterocycles. The van der Waals surface area contributed by atoms with Crippen LogP contribution in [0.5, 0.6) is 11.5 Å². The topological polar surface area (TPSA) is 86.2 Å². The average molecular weight is 363 g/mol. The molecule has 0 fully saturated rings. The summed E-state index contributed by atoms with van der Waals surface area (Å²) in [7, 11) is 1.29. The molecule has 0 aliphatic carbocycles. The predicted molar refractivity (Wildman–Crippen MR) is 86.7 cm³/mol. The maximum atomic E-state index is 12.6. The van der Waals surface area contributed by atoms with E-state index in [4.69, 9.17) is 4.74 Å². The lowest BCUT2D eigenvalue weighted by Crippen LogP contribution is -2.41. The molecule has 0 saturated carbocycles. The summed E-state index contributed by atoms with van der Waals surface area (Å²) in [5.74, 6) is -0.0976. The van der Waals surface area contributed by atoms with E-state index in [2.05, 4.69) is 4.74 Å². The van der Waals surface area contributed by atoms with Crippen LogP contribution in [0.3, 0.4) is 0 Å². The minimum Gasteiger partial charge on any atom is -0.493 e. The summed E-state index contributed by atoms with van der Waals surface area (Å²) >= 11 is 0. The number of aromatic nitrogens is 2. The lowest BCUT2D eigenvalue weighted by atomic mass is 10.1. The second-order valence-electron chi connectivity index (χ2n) is 5.73. The maximum Gasteiger partial charge on any atom is 0.387 e. The number of hydrogen-bond acceptors (Lipinski definition) is 5. The van der Waals surface area contributed by atoms with E-state index in [-0.39, 0.29) is 23.6 Å². The van der Waals surface area contributed by atoms with Crippen LogP contribution in [0.25, 0.3) is 0 Å². The molecule has 1 aliphatic rings. The van der Waals surface area contributed by atoms with Crippen LogP contribution in [0.4, 0.5) is 8.78 Å². The fourth-order valence-corrected chi connectivity index (χ4v) is 3.07. The molecule has 0 atom stereocenters. The SMILES string of the molecule is COc1cc(Cn2c(=O)c(C#N)c3n(c2=O)CCC3)ccc1OC(F)F. The summed E-state index contributed by atoms with van der Waals surface area (Å²) in [6, 6.07) is 6.03. The molecular weight excluding hydrogens is 348 g/mol. The number of halogens is 2. The molecule has 1 aromatic heterocycles. The Bertz CT molecular complexity index is 1000. The molecule has 1 aliphatic heterocycles. The molecule has 26 heavy (non-hydrogen) atoms. The molecule has 0 unspecified atom stereocenters. The number of rotatable bonds is 5. The average Bonchev–Trinajstić information content (AvgIpc) is 3.09. The van der Waals surface area contributed by atoms with E-state index in [0.29, 0.717) is 30.6 Å². The van der Waals surface area contributed by atoms with Crippen LogP contribution in [-0.4, -0.2) is 22.9 Å². The van der Waals surface area contributed by atoms with Crippen LogP contribution in [0.2, 0.25) is 0 Å². The van der Waals surface area contributed by atoms with Gasteiger partial charge in [-0.2, -0.15) is 14.0 Å². The van der Waals surface area contributed by atoms with Gasteiger partial charge < -0.3 is 9.47 Å². The van der Waals surface area contributed by atoms with Gasteiger partial charge in [0.1, 0.15) is 11.6 Å². The molecule has 0 spiro atoms. The first-order chi connectivity index (χ1) is 12.5. The van der Waals surface area contributed by atoms with Crippen molar-refractivity contribution in [1.29, 1.82) is 5.26 Å². The lowest BCUT2D eigenvalue weighted by Gasteiger charge is -2.13. The molecule has 0 radical (unpaired) electrons. The molecule has 7 nitrogen and oxygen atoms in total. The van der Waals surface area contributed by atoms with Crippen LogP contribution >= 0.6 is 0 Å². The first-order valence-corrected chi connectivity index (χ1v) is 7.84. The third kappa shape index (κ3) is 3.06. The molecule has 3 rings (SSSR count). The van der Waals surface area contributed by atoms with Gasteiger partial charge in [-0.25, -0.2) is 4.79 Å². The van der Waals surface area contributed by atoms with Gasteiger partial charge in [-0.3, -0.25) is 13.9 Å². The van der Waals surface area contributed by atoms with Gasteiger partial charge >= 0.3 is 12.3 Å². The van der Waals surface area contributed by atoms with E-state index in [1.165, 1.54) is 29.9 Å². The zero-order valence-electron chi connectivity index (χ0n) is 13.9. The first-order valence-electron chi connectivity index (χ1n) is 7.84. The highest BCUT2D eigenvalue weighted by Gasteiger charge is 2.22. The molecule has 9 heteroatoms. The monoisotopic (exact) mass is 363 g/mol. The van der Waals surface area contributed by atoms with Gasteiger partial charge in [0.2, 0.25) is 0 Å². The van der Waals surface area contributed by atoms with E-state index in [9.17, 15) is 23.6 Å². The minimum atomic E-state index is -3.00.